The van der Waals surface area contributed by atoms with Crippen molar-refractivity contribution in [1.82, 2.24) is 0 Å². The van der Waals surface area contributed by atoms with E-state index in [1.807, 2.05) is 4.93 Å². The largest absolute Gasteiger partial charge is 0.176 e. The van der Waals surface area contributed by atoms with Crippen LogP contribution in [0.25, 0.3) is 0 Å². The molecule has 2 heteroatoms. The highest BCUT2D eigenvalue weighted by Gasteiger charge is 2.06. The van der Waals surface area contributed by atoms with Gasteiger partial charge < -0.3 is 0 Å². The summed E-state index contributed by atoms with van der Waals surface area (Å²) < 4.78 is 0. The molecule has 0 aromatic rings. The highest BCUT2D eigenvalue weighted by atomic mass is 127. The lowest BCUT2D eigenvalue weighted by atomic mass is 10.0. The Hall–Kier alpha value is 1.08. The van der Waals surface area contributed by atoms with Crippen molar-refractivity contribution >= 4 is 35.2 Å². The Morgan fingerprint density at radius 1 is 0.739 bits per heavy atom. The van der Waals surface area contributed by atoms with Crippen LogP contribution in [-0.4, -0.2) is 10.2 Å². The van der Waals surface area contributed by atoms with Gasteiger partial charge >= 0.3 is 0 Å². The van der Waals surface area contributed by atoms with Gasteiger partial charge in [0.2, 0.25) is 0 Å². The maximum absolute atomic E-state index is 4.36. The minimum atomic E-state index is 0.730. The lowest BCUT2D eigenvalue weighted by molar-refractivity contribution is 0.504. The molecule has 0 heterocycles. The van der Waals surface area contributed by atoms with Crippen molar-refractivity contribution in [3.05, 3.63) is 0 Å². The smallest absolute Gasteiger partial charge is 0.00168 e. The molecule has 2 saturated carbocycles. The third kappa shape index (κ3) is 35.2. The zero-order valence-corrected chi connectivity index (χ0v) is 20.2. The van der Waals surface area contributed by atoms with Gasteiger partial charge in [0.1, 0.15) is 0 Å². The van der Waals surface area contributed by atoms with Crippen LogP contribution in [0.5, 0.6) is 0 Å². The van der Waals surface area contributed by atoms with Crippen LogP contribution in [0.4, 0.5) is 0 Å². The molecule has 0 N–H and O–H groups in total. The van der Waals surface area contributed by atoms with E-state index in [4.69, 9.17) is 0 Å². The van der Waals surface area contributed by atoms with Crippen LogP contribution in [0.3, 0.4) is 0 Å². The number of alkyl halides is 1. The first-order valence-corrected chi connectivity index (χ1v) is 12.8. The Morgan fingerprint density at radius 2 is 0.957 bits per heavy atom. The first-order chi connectivity index (χ1) is 11.1. The molecule has 0 radical (unpaired) electrons. The molecule has 0 saturated heterocycles. The maximum atomic E-state index is 4.36. The summed E-state index contributed by atoms with van der Waals surface area (Å²) in [6, 6.07) is 0. The minimum absolute atomic E-state index is 0.730. The van der Waals surface area contributed by atoms with Crippen LogP contribution in [0.2, 0.25) is 0 Å². The molecular formula is C21H47IS. The molecule has 2 aliphatic carbocycles. The quantitative estimate of drug-likeness (QED) is 0.226. The van der Waals surface area contributed by atoms with Crippen LogP contribution in [-0.2, 0) is 0 Å². The molecule has 0 unspecified atom stereocenters. The molecule has 0 amide bonds. The van der Waals surface area contributed by atoms with Gasteiger partial charge in [-0.3, -0.25) is 0 Å². The van der Waals surface area contributed by atoms with Crippen molar-refractivity contribution in [1.29, 1.82) is 0 Å². The van der Waals surface area contributed by atoms with E-state index in [0.29, 0.717) is 0 Å². The summed E-state index contributed by atoms with van der Waals surface area (Å²) in [6.45, 7) is 10.9. The lowest BCUT2D eigenvalue weighted by Gasteiger charge is -2.14. The highest BCUT2D eigenvalue weighted by Crippen LogP contribution is 2.21. The van der Waals surface area contributed by atoms with Crippen molar-refractivity contribution in [3.63, 3.8) is 0 Å². The van der Waals surface area contributed by atoms with E-state index in [9.17, 15) is 0 Å². The fourth-order valence-electron chi connectivity index (χ4n) is 2.14. The van der Waals surface area contributed by atoms with Crippen LogP contribution >= 0.6 is 35.2 Å². The standard InChI is InChI=1S/C6H12S.C6H12.C5H12.C3H8.CH3I/c7-6-4-2-1-3-5-6;1-2-4-6-5-3-1;1-4-5(2)3;1-3-2;1-2/h6-7H,1-5H2;1-6H2;5H,4H2,1-3H3;3H2,1-2H3;1H3. The van der Waals surface area contributed by atoms with Crippen LogP contribution in [0, 0.1) is 5.92 Å². The monoisotopic (exact) mass is 458 g/mol. The maximum Gasteiger partial charge on any atom is 0.00168 e. The Morgan fingerprint density at radius 3 is 1.09 bits per heavy atom. The number of rotatable bonds is 1. The topological polar surface area (TPSA) is 0 Å². The third-order valence-electron chi connectivity index (χ3n) is 3.89. The molecule has 144 valence electrons. The first-order valence-electron chi connectivity index (χ1n) is 10.1. The average Bonchev–Trinajstić information content (AvgIpc) is 2.61. The molecule has 0 aromatic carbocycles. The van der Waals surface area contributed by atoms with Gasteiger partial charge in [0.25, 0.3) is 0 Å². The molecule has 0 spiro atoms. The second-order valence-corrected chi connectivity index (χ2v) is 7.65. The molecule has 0 nitrogen and oxygen atoms in total. The Kier molecular flexibility index (Phi) is 35.0. The lowest BCUT2D eigenvalue weighted by Crippen LogP contribution is -2.03. The molecule has 2 aliphatic rings. The molecule has 0 bridgehead atoms. The van der Waals surface area contributed by atoms with Gasteiger partial charge in [0, 0.05) is 5.25 Å². The highest BCUT2D eigenvalue weighted by molar-refractivity contribution is 14.1. The SMILES string of the molecule is C1CCCCC1.CCC.CCC(C)C.CI.SC1CCCCC1. The van der Waals surface area contributed by atoms with Gasteiger partial charge in [0.05, 0.1) is 0 Å². The predicted octanol–water partition coefficient (Wildman–Crippen LogP) is 9.11. The number of hydrogen-bond donors (Lipinski definition) is 1. The summed E-state index contributed by atoms with van der Waals surface area (Å²) in [5.41, 5.74) is 0. The van der Waals surface area contributed by atoms with Crippen molar-refractivity contribution in [2.75, 3.05) is 4.93 Å². The molecule has 2 fully saturated rings. The second kappa shape index (κ2) is 27.9. The summed E-state index contributed by atoms with van der Waals surface area (Å²) in [5.74, 6) is 0.884. The van der Waals surface area contributed by atoms with Crippen molar-refractivity contribution in [3.8, 4) is 0 Å². The summed E-state index contributed by atoms with van der Waals surface area (Å²) in [6.07, 6.45) is 18.5. The van der Waals surface area contributed by atoms with Gasteiger partial charge in [-0.2, -0.15) is 12.6 Å². The van der Waals surface area contributed by atoms with Crippen LogP contribution in [0.1, 0.15) is 118 Å². The number of halogens is 1. The molecule has 2 rings (SSSR count). The Bertz CT molecular complexity index is 150. The van der Waals surface area contributed by atoms with Crippen molar-refractivity contribution in [2.24, 2.45) is 5.92 Å². The van der Waals surface area contributed by atoms with Gasteiger partial charge in [-0.15, -0.1) is 0 Å². The van der Waals surface area contributed by atoms with E-state index in [2.05, 4.69) is 69.8 Å². The zero-order valence-electron chi connectivity index (χ0n) is 17.2. The van der Waals surface area contributed by atoms with E-state index in [-0.39, 0.29) is 0 Å². The summed E-state index contributed by atoms with van der Waals surface area (Å²) in [5, 5.41) is 0.730. The summed E-state index contributed by atoms with van der Waals surface area (Å²) >= 11 is 6.51. The van der Waals surface area contributed by atoms with Crippen molar-refractivity contribution < 1.29 is 0 Å². The summed E-state index contributed by atoms with van der Waals surface area (Å²) in [4.78, 5) is 1.97. The zero-order chi connectivity index (χ0) is 18.3. The molecule has 0 aromatic heterocycles. The van der Waals surface area contributed by atoms with E-state index in [1.165, 1.54) is 83.5 Å². The fraction of sp³-hybridized carbons (Fsp3) is 1.00. The molecule has 23 heavy (non-hydrogen) atoms. The van der Waals surface area contributed by atoms with Crippen LogP contribution < -0.4 is 0 Å². The predicted molar refractivity (Wildman–Crippen MR) is 125 cm³/mol. The van der Waals surface area contributed by atoms with Gasteiger partial charge in [0.15, 0.2) is 0 Å². The number of thiol groups is 1. The third-order valence-corrected chi connectivity index (χ3v) is 4.41. The fourth-order valence-corrected chi connectivity index (χ4v) is 2.51. The van der Waals surface area contributed by atoms with E-state index in [1.54, 1.807) is 0 Å². The molecular weight excluding hydrogens is 411 g/mol. The number of hydrogen-bond acceptors (Lipinski definition) is 1. The molecule has 0 atom stereocenters. The van der Waals surface area contributed by atoms with Crippen molar-refractivity contribution in [2.45, 2.75) is 123 Å². The van der Waals surface area contributed by atoms with E-state index >= 15 is 0 Å². The van der Waals surface area contributed by atoms with Gasteiger partial charge in [-0.25, -0.2) is 0 Å². The van der Waals surface area contributed by atoms with Gasteiger partial charge in [-0.1, -0.05) is 128 Å². The van der Waals surface area contributed by atoms with E-state index < -0.39 is 0 Å². The summed E-state index contributed by atoms with van der Waals surface area (Å²) in [7, 11) is 0. The Balaban J connectivity index is -0.000000232. The average molecular weight is 459 g/mol. The van der Waals surface area contributed by atoms with E-state index in [0.717, 1.165) is 11.2 Å². The second-order valence-electron chi connectivity index (χ2n) is 6.92. The first kappa shape index (κ1) is 28.9. The minimum Gasteiger partial charge on any atom is -0.176 e. The normalized spacial score (nSPS) is 17.1. The Labute approximate surface area is 168 Å². The van der Waals surface area contributed by atoms with Crippen LogP contribution in [0.15, 0.2) is 0 Å². The molecule has 0 aliphatic heterocycles. The van der Waals surface area contributed by atoms with Gasteiger partial charge in [-0.05, 0) is 23.7 Å².